The Labute approximate surface area is 97.2 Å². The first-order valence-electron chi connectivity index (χ1n) is 5.89. The predicted molar refractivity (Wildman–Crippen MR) is 66.1 cm³/mol. The normalized spacial score (nSPS) is 24.6. The number of nitrogens with one attached hydrogen (secondary N) is 3. The van der Waals surface area contributed by atoms with Gasteiger partial charge < -0.3 is 5.73 Å². The third-order valence-corrected chi connectivity index (χ3v) is 3.12. The Morgan fingerprint density at radius 3 is 2.44 bits per heavy atom. The van der Waals surface area contributed by atoms with Crippen LogP contribution in [0.25, 0.3) is 0 Å². The average molecular weight is 228 g/mol. The molecular formula is C10H24N6. The fourth-order valence-corrected chi connectivity index (χ4v) is 1.41. The van der Waals surface area contributed by atoms with Crippen LogP contribution in [0.4, 0.5) is 0 Å². The van der Waals surface area contributed by atoms with Crippen molar-refractivity contribution < 1.29 is 0 Å². The minimum Gasteiger partial charge on any atom is -0.313 e. The summed E-state index contributed by atoms with van der Waals surface area (Å²) in [7, 11) is 0. The molecule has 1 saturated carbocycles. The number of hydrogen-bond donors (Lipinski definition) is 5. The largest absolute Gasteiger partial charge is 0.313 e. The van der Waals surface area contributed by atoms with Crippen LogP contribution in [0, 0.1) is 5.92 Å². The number of nitrogens with two attached hydrogens (primary N) is 2. The van der Waals surface area contributed by atoms with E-state index >= 15 is 0 Å². The van der Waals surface area contributed by atoms with Crippen molar-refractivity contribution in [3.05, 3.63) is 0 Å². The van der Waals surface area contributed by atoms with Gasteiger partial charge in [0.2, 0.25) is 0 Å². The van der Waals surface area contributed by atoms with Crippen LogP contribution in [0.3, 0.4) is 0 Å². The predicted octanol–water partition coefficient (Wildman–Crippen LogP) is -0.217. The zero-order valence-corrected chi connectivity index (χ0v) is 10.4. The molecule has 2 unspecified atom stereocenters. The molecule has 0 heterocycles. The van der Waals surface area contributed by atoms with Crippen molar-refractivity contribution in [1.29, 1.82) is 0 Å². The summed E-state index contributed by atoms with van der Waals surface area (Å²) in [5.74, 6) is 6.03. The minimum absolute atomic E-state index is 0.301. The molecule has 16 heavy (non-hydrogen) atoms. The second kappa shape index (κ2) is 5.58. The quantitative estimate of drug-likeness (QED) is 0.236. The van der Waals surface area contributed by atoms with Crippen molar-refractivity contribution in [2.45, 2.75) is 52.0 Å². The summed E-state index contributed by atoms with van der Waals surface area (Å²) in [6.45, 7) is 6.22. The molecule has 0 spiro atoms. The van der Waals surface area contributed by atoms with Crippen LogP contribution in [-0.2, 0) is 0 Å². The SMILES string of the molecule is CCC(N)(CC)NC(NN)N/N=C1/CC1C. The molecule has 0 aromatic heterocycles. The molecule has 2 atom stereocenters. The van der Waals surface area contributed by atoms with E-state index in [1.165, 1.54) is 5.71 Å². The summed E-state index contributed by atoms with van der Waals surface area (Å²) in [5.41, 5.74) is 12.5. The topological polar surface area (TPSA) is 100 Å². The van der Waals surface area contributed by atoms with Gasteiger partial charge in [0.15, 0.2) is 6.29 Å². The van der Waals surface area contributed by atoms with Crippen molar-refractivity contribution in [2.75, 3.05) is 0 Å². The number of hydrazine groups is 1. The highest BCUT2D eigenvalue weighted by Gasteiger charge is 2.28. The Balaban J connectivity index is 2.42. The fourth-order valence-electron chi connectivity index (χ4n) is 1.41. The lowest BCUT2D eigenvalue weighted by Crippen LogP contribution is -2.65. The van der Waals surface area contributed by atoms with Crippen LogP contribution in [0.5, 0.6) is 0 Å². The van der Waals surface area contributed by atoms with E-state index in [9.17, 15) is 0 Å². The first-order chi connectivity index (χ1) is 7.54. The van der Waals surface area contributed by atoms with Crippen LogP contribution in [0.2, 0.25) is 0 Å². The maximum absolute atomic E-state index is 6.13. The van der Waals surface area contributed by atoms with E-state index in [1.807, 2.05) is 13.8 Å². The molecule has 0 aliphatic heterocycles. The molecule has 0 bridgehead atoms. The van der Waals surface area contributed by atoms with Gasteiger partial charge in [-0.1, -0.05) is 20.8 Å². The molecule has 1 aliphatic rings. The molecule has 0 aromatic rings. The molecule has 0 radical (unpaired) electrons. The molecule has 6 heteroatoms. The molecule has 0 saturated heterocycles. The van der Waals surface area contributed by atoms with Gasteiger partial charge >= 0.3 is 0 Å². The lowest BCUT2D eigenvalue weighted by molar-refractivity contribution is 0.225. The number of nitrogens with zero attached hydrogens (tertiary/aromatic N) is 1. The Hall–Kier alpha value is -0.690. The van der Waals surface area contributed by atoms with Gasteiger partial charge in [0, 0.05) is 11.6 Å². The Morgan fingerprint density at radius 1 is 1.50 bits per heavy atom. The zero-order valence-electron chi connectivity index (χ0n) is 10.4. The molecule has 94 valence electrons. The molecule has 1 fully saturated rings. The summed E-state index contributed by atoms with van der Waals surface area (Å²) in [6.07, 6.45) is 2.43. The molecule has 1 rings (SSSR count). The lowest BCUT2D eigenvalue weighted by atomic mass is 10.1. The first-order valence-corrected chi connectivity index (χ1v) is 5.89. The molecule has 0 amide bonds. The monoisotopic (exact) mass is 228 g/mol. The van der Waals surface area contributed by atoms with Crippen LogP contribution >= 0.6 is 0 Å². The van der Waals surface area contributed by atoms with Gasteiger partial charge in [-0.2, -0.15) is 5.10 Å². The summed E-state index contributed by atoms with van der Waals surface area (Å²) in [4.78, 5) is 0. The van der Waals surface area contributed by atoms with E-state index in [1.54, 1.807) is 0 Å². The van der Waals surface area contributed by atoms with Gasteiger partial charge in [0.05, 0.1) is 5.66 Å². The van der Waals surface area contributed by atoms with Crippen molar-refractivity contribution in [2.24, 2.45) is 22.6 Å². The minimum atomic E-state index is -0.417. The standard InChI is InChI=1S/C10H24N6/c1-4-10(11,5-2)13-9(14-12)16-15-8-6-7(8)3/h7,9,13-14,16H,4-6,11-12H2,1-3H3/b15-8-. The average Bonchev–Trinajstić information content (AvgIpc) is 3.00. The number of rotatable bonds is 7. The van der Waals surface area contributed by atoms with Gasteiger partial charge in [-0.05, 0) is 19.3 Å². The van der Waals surface area contributed by atoms with Crippen molar-refractivity contribution in [3.63, 3.8) is 0 Å². The Kier molecular flexibility index (Phi) is 4.67. The van der Waals surface area contributed by atoms with E-state index in [0.29, 0.717) is 5.92 Å². The van der Waals surface area contributed by atoms with Gasteiger partial charge in [0.25, 0.3) is 0 Å². The summed E-state index contributed by atoms with van der Waals surface area (Å²) in [6, 6.07) is 0. The number of hydrazone groups is 1. The van der Waals surface area contributed by atoms with Crippen LogP contribution in [-0.4, -0.2) is 17.7 Å². The van der Waals surface area contributed by atoms with Gasteiger partial charge in [-0.15, -0.1) is 0 Å². The van der Waals surface area contributed by atoms with Crippen LogP contribution < -0.4 is 27.7 Å². The Morgan fingerprint density at radius 2 is 2.06 bits per heavy atom. The lowest BCUT2D eigenvalue weighted by Gasteiger charge is -2.32. The highest BCUT2D eigenvalue weighted by Crippen LogP contribution is 2.23. The molecular weight excluding hydrogens is 204 g/mol. The highest BCUT2D eigenvalue weighted by molar-refractivity contribution is 6.00. The zero-order chi connectivity index (χ0) is 12.2. The van der Waals surface area contributed by atoms with Crippen molar-refractivity contribution >= 4 is 5.71 Å². The molecule has 6 nitrogen and oxygen atoms in total. The maximum Gasteiger partial charge on any atom is 0.161 e. The van der Waals surface area contributed by atoms with Gasteiger partial charge in [0.1, 0.15) is 0 Å². The van der Waals surface area contributed by atoms with E-state index in [2.05, 4.69) is 28.2 Å². The summed E-state index contributed by atoms with van der Waals surface area (Å²) >= 11 is 0. The molecule has 0 aromatic carbocycles. The summed E-state index contributed by atoms with van der Waals surface area (Å²) in [5, 5.41) is 7.45. The van der Waals surface area contributed by atoms with Gasteiger partial charge in [-0.25, -0.2) is 5.43 Å². The Bertz CT molecular complexity index is 248. The number of hydrogen-bond acceptors (Lipinski definition) is 6. The third kappa shape index (κ3) is 3.71. The third-order valence-electron chi connectivity index (χ3n) is 3.12. The fraction of sp³-hybridized carbons (Fsp3) is 0.900. The van der Waals surface area contributed by atoms with E-state index in [4.69, 9.17) is 11.6 Å². The van der Waals surface area contributed by atoms with Crippen molar-refractivity contribution in [3.8, 4) is 0 Å². The smallest absolute Gasteiger partial charge is 0.161 e. The maximum atomic E-state index is 6.13. The molecule has 1 aliphatic carbocycles. The summed E-state index contributed by atoms with van der Waals surface area (Å²) < 4.78 is 0. The van der Waals surface area contributed by atoms with E-state index in [-0.39, 0.29) is 6.29 Å². The van der Waals surface area contributed by atoms with Crippen LogP contribution in [0.15, 0.2) is 5.10 Å². The van der Waals surface area contributed by atoms with Gasteiger partial charge in [-0.3, -0.25) is 16.6 Å². The van der Waals surface area contributed by atoms with Crippen molar-refractivity contribution in [1.82, 2.24) is 16.2 Å². The highest BCUT2D eigenvalue weighted by atomic mass is 15.5. The second-order valence-corrected chi connectivity index (χ2v) is 4.44. The first kappa shape index (κ1) is 13.4. The molecule has 7 N–H and O–H groups in total. The second-order valence-electron chi connectivity index (χ2n) is 4.44. The van der Waals surface area contributed by atoms with E-state index in [0.717, 1.165) is 19.3 Å². The van der Waals surface area contributed by atoms with Crippen LogP contribution in [0.1, 0.15) is 40.0 Å². The van der Waals surface area contributed by atoms with E-state index < -0.39 is 5.66 Å².